The van der Waals surface area contributed by atoms with E-state index in [0.717, 1.165) is 6.54 Å². The Morgan fingerprint density at radius 1 is 1.28 bits per heavy atom. The lowest BCUT2D eigenvalue weighted by atomic mass is 9.94. The number of nitrogens with one attached hydrogen (secondary N) is 1. The number of nitrogens with zero attached hydrogens (tertiary/aromatic N) is 1. The fourth-order valence-electron chi connectivity index (χ4n) is 3.29. The van der Waals surface area contributed by atoms with Gasteiger partial charge >= 0.3 is 0 Å². The van der Waals surface area contributed by atoms with E-state index in [2.05, 4.69) is 61.4 Å². The molecule has 0 saturated carbocycles. The number of rotatable bonds is 5. The summed E-state index contributed by atoms with van der Waals surface area (Å²) in [5, 5.41) is 3.34. The highest BCUT2D eigenvalue weighted by Gasteiger charge is 2.32. The van der Waals surface area contributed by atoms with E-state index in [1.807, 2.05) is 0 Å². The highest BCUT2D eigenvalue weighted by atomic mass is 15.2. The largest absolute Gasteiger partial charge is 0.318 e. The van der Waals surface area contributed by atoms with Gasteiger partial charge in [-0.05, 0) is 37.9 Å². The van der Waals surface area contributed by atoms with Crippen LogP contribution in [0, 0.1) is 5.92 Å². The second-order valence-electron chi connectivity index (χ2n) is 5.69. The first-order chi connectivity index (χ1) is 8.74. The third-order valence-corrected chi connectivity index (χ3v) is 3.99. The molecule has 1 aliphatic heterocycles. The summed E-state index contributed by atoms with van der Waals surface area (Å²) < 4.78 is 0. The topological polar surface area (TPSA) is 15.3 Å². The molecule has 1 aromatic carbocycles. The Morgan fingerprint density at radius 3 is 2.61 bits per heavy atom. The van der Waals surface area contributed by atoms with E-state index in [1.165, 1.54) is 24.9 Å². The highest BCUT2D eigenvalue weighted by molar-refractivity contribution is 5.20. The van der Waals surface area contributed by atoms with E-state index in [-0.39, 0.29) is 0 Å². The maximum atomic E-state index is 3.34. The Kier molecular flexibility index (Phi) is 4.79. The zero-order chi connectivity index (χ0) is 13.0. The first kappa shape index (κ1) is 13.6. The standard InChI is InChI=1S/C16H26N2/c1-13(2)16(14-8-5-4-6-9-14)18-11-7-10-15(18)12-17-3/h4-6,8-9,13,15-17H,7,10-12H2,1-3H3. The molecule has 0 spiro atoms. The molecule has 0 aliphatic carbocycles. The van der Waals surface area contributed by atoms with Crippen molar-refractivity contribution in [3.8, 4) is 0 Å². The lowest BCUT2D eigenvalue weighted by molar-refractivity contribution is 0.140. The van der Waals surface area contributed by atoms with Gasteiger partial charge in [0, 0.05) is 18.6 Å². The van der Waals surface area contributed by atoms with Crippen molar-refractivity contribution in [1.82, 2.24) is 10.2 Å². The zero-order valence-electron chi connectivity index (χ0n) is 11.9. The smallest absolute Gasteiger partial charge is 0.0374 e. The van der Waals surface area contributed by atoms with Crippen molar-refractivity contribution >= 4 is 0 Å². The van der Waals surface area contributed by atoms with Gasteiger partial charge in [0.15, 0.2) is 0 Å². The Bertz CT molecular complexity index is 347. The average molecular weight is 246 g/mol. The molecule has 1 aromatic rings. The van der Waals surface area contributed by atoms with Gasteiger partial charge in [-0.2, -0.15) is 0 Å². The van der Waals surface area contributed by atoms with Crippen LogP contribution in [-0.2, 0) is 0 Å². The van der Waals surface area contributed by atoms with E-state index >= 15 is 0 Å². The summed E-state index contributed by atoms with van der Waals surface area (Å²) in [6.45, 7) is 7.03. The Labute approximate surface area is 111 Å². The lowest BCUT2D eigenvalue weighted by Crippen LogP contribution is -2.41. The Morgan fingerprint density at radius 2 is 2.00 bits per heavy atom. The highest BCUT2D eigenvalue weighted by Crippen LogP contribution is 2.34. The second-order valence-corrected chi connectivity index (χ2v) is 5.69. The Balaban J connectivity index is 2.20. The van der Waals surface area contributed by atoms with Crippen LogP contribution in [0.2, 0.25) is 0 Å². The van der Waals surface area contributed by atoms with Crippen LogP contribution in [0.5, 0.6) is 0 Å². The van der Waals surface area contributed by atoms with Crippen LogP contribution in [-0.4, -0.2) is 31.1 Å². The van der Waals surface area contributed by atoms with Crippen molar-refractivity contribution in [2.24, 2.45) is 5.92 Å². The van der Waals surface area contributed by atoms with Gasteiger partial charge in [-0.15, -0.1) is 0 Å². The first-order valence-electron chi connectivity index (χ1n) is 7.19. The monoisotopic (exact) mass is 246 g/mol. The van der Waals surface area contributed by atoms with Gasteiger partial charge in [-0.25, -0.2) is 0 Å². The van der Waals surface area contributed by atoms with E-state index in [4.69, 9.17) is 0 Å². The molecule has 1 saturated heterocycles. The molecular formula is C16H26N2. The molecule has 1 heterocycles. The molecule has 0 amide bonds. The second kappa shape index (κ2) is 6.35. The maximum absolute atomic E-state index is 3.34. The molecule has 100 valence electrons. The summed E-state index contributed by atoms with van der Waals surface area (Å²) in [7, 11) is 2.06. The van der Waals surface area contributed by atoms with Gasteiger partial charge in [-0.1, -0.05) is 44.2 Å². The van der Waals surface area contributed by atoms with Crippen LogP contribution in [0.25, 0.3) is 0 Å². The van der Waals surface area contributed by atoms with E-state index in [0.29, 0.717) is 18.0 Å². The summed E-state index contributed by atoms with van der Waals surface area (Å²) >= 11 is 0. The fraction of sp³-hybridized carbons (Fsp3) is 0.625. The van der Waals surface area contributed by atoms with Crippen molar-refractivity contribution < 1.29 is 0 Å². The molecule has 2 heteroatoms. The Hall–Kier alpha value is -0.860. The number of likely N-dealkylation sites (tertiary alicyclic amines) is 1. The first-order valence-corrected chi connectivity index (χ1v) is 7.19. The summed E-state index contributed by atoms with van der Waals surface area (Å²) in [4.78, 5) is 2.70. The van der Waals surface area contributed by atoms with Crippen molar-refractivity contribution in [1.29, 1.82) is 0 Å². The molecular weight excluding hydrogens is 220 g/mol. The number of likely N-dealkylation sites (N-methyl/N-ethyl adjacent to an activating group) is 1. The van der Waals surface area contributed by atoms with Crippen LogP contribution in [0.15, 0.2) is 30.3 Å². The minimum absolute atomic E-state index is 0.562. The maximum Gasteiger partial charge on any atom is 0.0374 e. The van der Waals surface area contributed by atoms with Crippen LogP contribution >= 0.6 is 0 Å². The molecule has 1 fully saturated rings. The van der Waals surface area contributed by atoms with Crippen molar-refractivity contribution in [2.75, 3.05) is 20.1 Å². The van der Waals surface area contributed by atoms with Crippen LogP contribution in [0.4, 0.5) is 0 Å². The van der Waals surface area contributed by atoms with Crippen molar-refractivity contribution in [2.45, 2.75) is 38.8 Å². The van der Waals surface area contributed by atoms with Gasteiger partial charge in [0.2, 0.25) is 0 Å². The molecule has 0 bridgehead atoms. The van der Waals surface area contributed by atoms with Gasteiger partial charge in [0.1, 0.15) is 0 Å². The van der Waals surface area contributed by atoms with Crippen LogP contribution in [0.1, 0.15) is 38.3 Å². The molecule has 2 atom stereocenters. The number of hydrogen-bond acceptors (Lipinski definition) is 2. The quantitative estimate of drug-likeness (QED) is 0.859. The van der Waals surface area contributed by atoms with E-state index in [9.17, 15) is 0 Å². The molecule has 18 heavy (non-hydrogen) atoms. The normalized spacial score (nSPS) is 22.6. The minimum Gasteiger partial charge on any atom is -0.318 e. The zero-order valence-corrected chi connectivity index (χ0v) is 11.9. The van der Waals surface area contributed by atoms with Gasteiger partial charge in [-0.3, -0.25) is 4.90 Å². The van der Waals surface area contributed by atoms with Crippen LogP contribution < -0.4 is 5.32 Å². The van der Waals surface area contributed by atoms with Gasteiger partial charge in [0.25, 0.3) is 0 Å². The average Bonchev–Trinajstić information content (AvgIpc) is 2.79. The molecule has 2 rings (SSSR count). The summed E-state index contributed by atoms with van der Waals surface area (Å²) in [5.74, 6) is 0.657. The molecule has 2 nitrogen and oxygen atoms in total. The third-order valence-electron chi connectivity index (χ3n) is 3.99. The third kappa shape index (κ3) is 2.93. The molecule has 1 N–H and O–H groups in total. The van der Waals surface area contributed by atoms with Gasteiger partial charge in [0.05, 0.1) is 0 Å². The molecule has 2 unspecified atom stereocenters. The van der Waals surface area contributed by atoms with Crippen LogP contribution in [0.3, 0.4) is 0 Å². The van der Waals surface area contributed by atoms with Crippen molar-refractivity contribution in [3.63, 3.8) is 0 Å². The van der Waals surface area contributed by atoms with E-state index in [1.54, 1.807) is 0 Å². The minimum atomic E-state index is 0.562. The summed E-state index contributed by atoms with van der Waals surface area (Å²) in [5.41, 5.74) is 1.47. The van der Waals surface area contributed by atoms with Gasteiger partial charge < -0.3 is 5.32 Å². The number of hydrogen-bond donors (Lipinski definition) is 1. The predicted octanol–water partition coefficient (Wildman–Crippen LogP) is 3.07. The molecule has 0 aromatic heterocycles. The lowest BCUT2D eigenvalue weighted by Gasteiger charge is -2.36. The van der Waals surface area contributed by atoms with Crippen molar-refractivity contribution in [3.05, 3.63) is 35.9 Å². The summed E-state index contributed by atoms with van der Waals surface area (Å²) in [6.07, 6.45) is 2.67. The molecule has 1 aliphatic rings. The fourth-order valence-corrected chi connectivity index (χ4v) is 3.29. The predicted molar refractivity (Wildman–Crippen MR) is 77.7 cm³/mol. The summed E-state index contributed by atoms with van der Waals surface area (Å²) in [6, 6.07) is 12.2. The SMILES string of the molecule is CNCC1CCCN1C(c1ccccc1)C(C)C. The molecule has 0 radical (unpaired) electrons. The van der Waals surface area contributed by atoms with E-state index < -0.39 is 0 Å². The number of benzene rings is 1.